The van der Waals surface area contributed by atoms with Gasteiger partial charge in [0.25, 0.3) is 5.91 Å². The third-order valence-corrected chi connectivity index (χ3v) is 2.56. The highest BCUT2D eigenvalue weighted by Crippen LogP contribution is 2.20. The molecule has 0 aliphatic carbocycles. The van der Waals surface area contributed by atoms with E-state index in [1.54, 1.807) is 0 Å². The number of benzene rings is 1. The van der Waals surface area contributed by atoms with E-state index < -0.39 is 0 Å². The maximum Gasteiger partial charge on any atom is 0.251 e. The van der Waals surface area contributed by atoms with Gasteiger partial charge in [0.1, 0.15) is 11.5 Å². The van der Waals surface area contributed by atoms with E-state index in [4.69, 9.17) is 0 Å². The molecule has 1 aliphatic heterocycles. The highest BCUT2D eigenvalue weighted by atomic mass is 16.3. The summed E-state index contributed by atoms with van der Waals surface area (Å²) < 4.78 is 0. The van der Waals surface area contributed by atoms with E-state index in [0.29, 0.717) is 0 Å². The Hall–Kier alpha value is -1.75. The van der Waals surface area contributed by atoms with E-state index in [1.807, 2.05) is 0 Å². The molecule has 1 saturated heterocycles. The van der Waals surface area contributed by atoms with Crippen LogP contribution in [0.2, 0.25) is 0 Å². The highest BCUT2D eigenvalue weighted by Gasteiger charge is 2.18. The standard InChI is InChI=1S/C11H14N2O3/c14-9-3-7(4-10(15)5-9)11(16)13-8-1-2-12-6-8/h3-5,8,12,14-15H,1-2,6H2,(H,13,16)/t8-/m1/s1. The molecule has 1 atom stereocenters. The van der Waals surface area contributed by atoms with Crippen LogP contribution in [0.25, 0.3) is 0 Å². The molecule has 1 amide bonds. The van der Waals surface area contributed by atoms with Crippen molar-refractivity contribution in [2.45, 2.75) is 12.5 Å². The van der Waals surface area contributed by atoms with Crippen LogP contribution in [0, 0.1) is 0 Å². The van der Waals surface area contributed by atoms with E-state index in [1.165, 1.54) is 18.2 Å². The average molecular weight is 222 g/mol. The summed E-state index contributed by atoms with van der Waals surface area (Å²) in [5.41, 5.74) is 0.268. The highest BCUT2D eigenvalue weighted by molar-refractivity contribution is 5.95. The number of phenols is 2. The Labute approximate surface area is 93.1 Å². The second kappa shape index (κ2) is 4.40. The average Bonchev–Trinajstić information content (AvgIpc) is 2.68. The van der Waals surface area contributed by atoms with Gasteiger partial charge in [-0.15, -0.1) is 0 Å². The summed E-state index contributed by atoms with van der Waals surface area (Å²) in [6.07, 6.45) is 0.899. The van der Waals surface area contributed by atoms with Gasteiger partial charge in [-0.1, -0.05) is 0 Å². The van der Waals surface area contributed by atoms with Crippen LogP contribution in [0.1, 0.15) is 16.8 Å². The number of hydrogen-bond acceptors (Lipinski definition) is 4. The first-order valence-electron chi connectivity index (χ1n) is 5.20. The number of nitrogens with one attached hydrogen (secondary N) is 2. The summed E-state index contributed by atoms with van der Waals surface area (Å²) in [7, 11) is 0. The lowest BCUT2D eigenvalue weighted by molar-refractivity contribution is 0.0939. The molecule has 1 heterocycles. The third kappa shape index (κ3) is 2.43. The summed E-state index contributed by atoms with van der Waals surface area (Å²) in [4.78, 5) is 11.7. The SMILES string of the molecule is O=C(N[C@@H]1CCNC1)c1cc(O)cc(O)c1. The maximum atomic E-state index is 11.7. The first-order valence-corrected chi connectivity index (χ1v) is 5.20. The molecular weight excluding hydrogens is 208 g/mol. The molecule has 0 saturated carbocycles. The molecule has 0 radical (unpaired) electrons. The summed E-state index contributed by atoms with van der Waals surface area (Å²) >= 11 is 0. The molecular formula is C11H14N2O3. The Bertz CT molecular complexity index is 380. The van der Waals surface area contributed by atoms with Gasteiger partial charge in [-0.2, -0.15) is 0 Å². The first kappa shape index (κ1) is 10.8. The lowest BCUT2D eigenvalue weighted by Crippen LogP contribution is -2.36. The van der Waals surface area contributed by atoms with Crippen molar-refractivity contribution in [3.8, 4) is 11.5 Å². The zero-order chi connectivity index (χ0) is 11.5. The van der Waals surface area contributed by atoms with E-state index in [-0.39, 0.29) is 29.0 Å². The van der Waals surface area contributed by atoms with Gasteiger partial charge in [-0.3, -0.25) is 4.79 Å². The summed E-state index contributed by atoms with van der Waals surface area (Å²) in [5.74, 6) is -0.510. The van der Waals surface area contributed by atoms with Gasteiger partial charge in [-0.05, 0) is 25.1 Å². The van der Waals surface area contributed by atoms with Crippen molar-refractivity contribution in [2.24, 2.45) is 0 Å². The van der Waals surface area contributed by atoms with Crippen LogP contribution < -0.4 is 10.6 Å². The van der Waals surface area contributed by atoms with Gasteiger partial charge < -0.3 is 20.8 Å². The molecule has 86 valence electrons. The van der Waals surface area contributed by atoms with E-state index >= 15 is 0 Å². The Kier molecular flexibility index (Phi) is 2.96. The molecule has 1 aliphatic rings. The van der Waals surface area contributed by atoms with Crippen molar-refractivity contribution in [1.82, 2.24) is 10.6 Å². The fourth-order valence-corrected chi connectivity index (χ4v) is 1.77. The summed E-state index contributed by atoms with van der Waals surface area (Å²) in [5, 5.41) is 24.5. The number of carbonyl (C=O) groups is 1. The molecule has 0 bridgehead atoms. The van der Waals surface area contributed by atoms with E-state index in [9.17, 15) is 15.0 Å². The zero-order valence-electron chi connectivity index (χ0n) is 8.73. The van der Waals surface area contributed by atoms with Crippen molar-refractivity contribution in [3.63, 3.8) is 0 Å². The van der Waals surface area contributed by atoms with Crippen LogP contribution in [0.5, 0.6) is 11.5 Å². The van der Waals surface area contributed by atoms with Crippen molar-refractivity contribution in [3.05, 3.63) is 23.8 Å². The fraction of sp³-hybridized carbons (Fsp3) is 0.364. The van der Waals surface area contributed by atoms with Crippen molar-refractivity contribution in [1.29, 1.82) is 0 Å². The second-order valence-electron chi connectivity index (χ2n) is 3.90. The lowest BCUT2D eigenvalue weighted by Gasteiger charge is -2.11. The van der Waals surface area contributed by atoms with Gasteiger partial charge in [0.15, 0.2) is 0 Å². The number of amides is 1. The lowest BCUT2D eigenvalue weighted by atomic mass is 10.1. The molecule has 0 aromatic heterocycles. The monoisotopic (exact) mass is 222 g/mol. The molecule has 1 aromatic carbocycles. The Morgan fingerprint density at radius 1 is 1.31 bits per heavy atom. The zero-order valence-corrected chi connectivity index (χ0v) is 8.73. The molecule has 1 fully saturated rings. The first-order chi connectivity index (χ1) is 7.65. The van der Waals surface area contributed by atoms with Gasteiger partial charge >= 0.3 is 0 Å². The number of aromatic hydroxyl groups is 2. The predicted octanol–water partition coefficient (Wildman–Crippen LogP) is 0.190. The summed E-state index contributed by atoms with van der Waals surface area (Å²) in [6.45, 7) is 1.66. The molecule has 0 spiro atoms. The van der Waals surface area contributed by atoms with Gasteiger partial charge in [-0.25, -0.2) is 0 Å². The van der Waals surface area contributed by atoms with Crippen LogP contribution in [-0.4, -0.2) is 35.3 Å². The Balaban J connectivity index is 2.07. The minimum Gasteiger partial charge on any atom is -0.508 e. The normalized spacial score (nSPS) is 19.6. The van der Waals surface area contributed by atoms with Crippen molar-refractivity contribution < 1.29 is 15.0 Å². The Morgan fingerprint density at radius 2 is 2.00 bits per heavy atom. The molecule has 1 aromatic rings. The van der Waals surface area contributed by atoms with E-state index in [2.05, 4.69) is 10.6 Å². The van der Waals surface area contributed by atoms with Crippen molar-refractivity contribution in [2.75, 3.05) is 13.1 Å². The third-order valence-electron chi connectivity index (χ3n) is 2.56. The quantitative estimate of drug-likeness (QED) is 0.575. The largest absolute Gasteiger partial charge is 0.508 e. The molecule has 2 rings (SSSR count). The van der Waals surface area contributed by atoms with Crippen LogP contribution in [0.15, 0.2) is 18.2 Å². The smallest absolute Gasteiger partial charge is 0.251 e. The molecule has 16 heavy (non-hydrogen) atoms. The Morgan fingerprint density at radius 3 is 2.56 bits per heavy atom. The minimum absolute atomic E-state index is 0.116. The van der Waals surface area contributed by atoms with Crippen LogP contribution in [0.4, 0.5) is 0 Å². The van der Waals surface area contributed by atoms with Gasteiger partial charge in [0, 0.05) is 24.2 Å². The topological polar surface area (TPSA) is 81.6 Å². The van der Waals surface area contributed by atoms with Crippen LogP contribution in [-0.2, 0) is 0 Å². The number of rotatable bonds is 2. The predicted molar refractivity (Wildman–Crippen MR) is 58.5 cm³/mol. The second-order valence-corrected chi connectivity index (χ2v) is 3.90. The molecule has 5 nitrogen and oxygen atoms in total. The number of hydrogen-bond donors (Lipinski definition) is 4. The fourth-order valence-electron chi connectivity index (χ4n) is 1.77. The van der Waals surface area contributed by atoms with Gasteiger partial charge in [0.05, 0.1) is 0 Å². The molecule has 5 heteroatoms. The van der Waals surface area contributed by atoms with Crippen LogP contribution >= 0.6 is 0 Å². The van der Waals surface area contributed by atoms with Crippen LogP contribution in [0.3, 0.4) is 0 Å². The van der Waals surface area contributed by atoms with Gasteiger partial charge in [0.2, 0.25) is 0 Å². The molecule has 0 unspecified atom stereocenters. The molecule has 4 N–H and O–H groups in total. The minimum atomic E-state index is -0.278. The van der Waals surface area contributed by atoms with E-state index in [0.717, 1.165) is 19.5 Å². The van der Waals surface area contributed by atoms with Crippen molar-refractivity contribution >= 4 is 5.91 Å². The number of carbonyl (C=O) groups excluding carboxylic acids is 1. The maximum absolute atomic E-state index is 11.7. The number of phenolic OH excluding ortho intramolecular Hbond substituents is 2. The summed E-state index contributed by atoms with van der Waals surface area (Å²) in [6, 6.07) is 3.97.